The summed E-state index contributed by atoms with van der Waals surface area (Å²) in [6.07, 6.45) is 5.85. The topological polar surface area (TPSA) is 6.48 Å². The Hall–Kier alpha value is -4.28. The van der Waals surface area contributed by atoms with E-state index in [1.807, 2.05) is 11.3 Å². The maximum atomic E-state index is 2.74. The van der Waals surface area contributed by atoms with Gasteiger partial charge in [-0.1, -0.05) is 167 Å². The molecule has 66 heavy (non-hydrogen) atoms. The molecule has 1 aromatic heterocycles. The highest BCUT2D eigenvalue weighted by Crippen LogP contribution is 2.53. The van der Waals surface area contributed by atoms with Crippen molar-refractivity contribution in [3.05, 3.63) is 124 Å². The fourth-order valence-electron chi connectivity index (χ4n) is 11.6. The summed E-state index contributed by atoms with van der Waals surface area (Å²) in [6, 6.07) is 35.2. The first-order valence-electron chi connectivity index (χ1n) is 25.4. The van der Waals surface area contributed by atoms with Gasteiger partial charge in [-0.05, 0) is 173 Å². The maximum Gasteiger partial charge on any atom is 0.254 e. The zero-order chi connectivity index (χ0) is 47.8. The van der Waals surface area contributed by atoms with Gasteiger partial charge in [0.25, 0.3) is 6.71 Å². The molecule has 0 radical (unpaired) electrons. The summed E-state index contributed by atoms with van der Waals surface area (Å²) in [5, 5.41) is 2.80. The Bertz CT molecular complexity index is 2860. The molecule has 5 aromatic carbocycles. The molecule has 0 fully saturated rings. The van der Waals surface area contributed by atoms with Crippen molar-refractivity contribution in [1.82, 2.24) is 0 Å². The van der Waals surface area contributed by atoms with Crippen molar-refractivity contribution in [1.29, 1.82) is 0 Å². The van der Waals surface area contributed by atoms with E-state index in [0.29, 0.717) is 5.92 Å². The zero-order valence-electron chi connectivity index (χ0n) is 44.1. The van der Waals surface area contributed by atoms with Crippen molar-refractivity contribution >= 4 is 78.0 Å². The molecule has 0 saturated heterocycles. The highest BCUT2D eigenvalue weighted by molar-refractivity contribution is 7.26. The number of hydrogen-bond acceptors (Lipinski definition) is 3. The van der Waals surface area contributed by atoms with E-state index < -0.39 is 0 Å². The first-order chi connectivity index (χ1) is 30.7. The lowest BCUT2D eigenvalue weighted by atomic mass is 9.33. The Morgan fingerprint density at radius 1 is 0.545 bits per heavy atom. The standard InChI is InChI=1S/C62H79BN2S/c1-19-21-38(20-2)44-32-40(58(6,7)8)24-28-49(44)65-50-29-25-41(59(9,10)11)33-48(50)63-54-45-36-46-47(62(17,18)31-30-61(46,15)16)37-53(45)66-56(54)64(43-26-22-39(23-27-43)57(3,4)5)51-34-42(60(12,13)14)35-52(65)55(51)63/h22-29,32-38H,19-21,30-31H2,1-18H3. The minimum absolute atomic E-state index is 0.0171. The molecule has 346 valence electrons. The smallest absolute Gasteiger partial charge is 0.254 e. The Balaban J connectivity index is 1.46. The van der Waals surface area contributed by atoms with E-state index in [-0.39, 0.29) is 39.2 Å². The second-order valence-electron chi connectivity index (χ2n) is 26.0. The van der Waals surface area contributed by atoms with Crippen molar-refractivity contribution < 1.29 is 0 Å². The summed E-state index contributed by atoms with van der Waals surface area (Å²) >= 11 is 2.02. The monoisotopic (exact) mass is 895 g/mol. The highest BCUT2D eigenvalue weighted by Gasteiger charge is 2.48. The first kappa shape index (κ1) is 46.8. The molecule has 0 saturated carbocycles. The minimum Gasteiger partial charge on any atom is -0.311 e. The highest BCUT2D eigenvalue weighted by atomic mass is 32.1. The van der Waals surface area contributed by atoms with Gasteiger partial charge in [0.05, 0.1) is 5.00 Å². The quantitative estimate of drug-likeness (QED) is 0.153. The van der Waals surface area contributed by atoms with E-state index in [9.17, 15) is 0 Å². The van der Waals surface area contributed by atoms with Crippen LogP contribution >= 0.6 is 11.3 Å². The average Bonchev–Trinajstić information content (AvgIpc) is 3.60. The molecule has 6 aromatic rings. The normalized spacial score (nSPS) is 17.1. The molecular weight excluding hydrogens is 816 g/mol. The van der Waals surface area contributed by atoms with Crippen LogP contribution in [0.25, 0.3) is 10.1 Å². The van der Waals surface area contributed by atoms with Gasteiger partial charge in [0, 0.05) is 33.1 Å². The SMILES string of the molecule is CCCC(CC)c1cc(C(C)(C)C)ccc1N1c2ccc(C(C)(C)C)cc2B2c3c1cc(C(C)(C)C)cc3N(c1ccc(C(C)(C)C)cc1)c1sc3cc4c(cc3c12)C(C)(C)CCC4(C)C. The largest absolute Gasteiger partial charge is 0.311 e. The summed E-state index contributed by atoms with van der Waals surface area (Å²) in [5.74, 6) is 0.452. The number of fused-ring (bicyclic) bond motifs is 7. The van der Waals surface area contributed by atoms with Crippen LogP contribution in [0.1, 0.15) is 202 Å². The molecule has 1 unspecified atom stereocenters. The summed E-state index contributed by atoms with van der Waals surface area (Å²) in [5.41, 5.74) is 21.2. The van der Waals surface area contributed by atoms with Crippen LogP contribution in [0.3, 0.4) is 0 Å². The van der Waals surface area contributed by atoms with Gasteiger partial charge < -0.3 is 9.80 Å². The van der Waals surface area contributed by atoms with Crippen LogP contribution in [-0.2, 0) is 32.5 Å². The van der Waals surface area contributed by atoms with E-state index in [4.69, 9.17) is 0 Å². The van der Waals surface area contributed by atoms with E-state index in [1.165, 1.54) is 118 Å². The number of hydrogen-bond donors (Lipinski definition) is 0. The van der Waals surface area contributed by atoms with Crippen molar-refractivity contribution in [2.24, 2.45) is 0 Å². The van der Waals surface area contributed by atoms with Gasteiger partial charge in [0.1, 0.15) is 0 Å². The van der Waals surface area contributed by atoms with Gasteiger partial charge in [-0.2, -0.15) is 0 Å². The second-order valence-corrected chi connectivity index (χ2v) is 27.0. The molecule has 2 nitrogen and oxygen atoms in total. The number of nitrogens with zero attached hydrogens (tertiary/aromatic N) is 2. The van der Waals surface area contributed by atoms with Gasteiger partial charge in [-0.15, -0.1) is 11.3 Å². The molecule has 4 heteroatoms. The average molecular weight is 895 g/mol. The summed E-state index contributed by atoms with van der Waals surface area (Å²) < 4.78 is 1.41. The Labute approximate surface area is 404 Å². The van der Waals surface area contributed by atoms with E-state index in [0.717, 1.165) is 12.8 Å². The van der Waals surface area contributed by atoms with E-state index in [1.54, 1.807) is 0 Å². The zero-order valence-corrected chi connectivity index (χ0v) is 44.9. The van der Waals surface area contributed by atoms with E-state index >= 15 is 0 Å². The Morgan fingerprint density at radius 2 is 1.06 bits per heavy atom. The number of benzene rings is 5. The van der Waals surface area contributed by atoms with Gasteiger partial charge in [-0.3, -0.25) is 0 Å². The molecule has 9 rings (SSSR count). The van der Waals surface area contributed by atoms with Crippen LogP contribution in [0.4, 0.5) is 33.4 Å². The summed E-state index contributed by atoms with van der Waals surface area (Å²) in [6.45, 7) is 43.2. The van der Waals surface area contributed by atoms with Crippen LogP contribution in [0, 0.1) is 0 Å². The predicted octanol–water partition coefficient (Wildman–Crippen LogP) is 16.8. The van der Waals surface area contributed by atoms with Gasteiger partial charge >= 0.3 is 0 Å². The van der Waals surface area contributed by atoms with Crippen molar-refractivity contribution in [3.8, 4) is 0 Å². The number of thiophene rings is 1. The van der Waals surface area contributed by atoms with Gasteiger partial charge in [-0.25, -0.2) is 0 Å². The van der Waals surface area contributed by atoms with Gasteiger partial charge in [0.2, 0.25) is 0 Å². The van der Waals surface area contributed by atoms with Gasteiger partial charge in [0.15, 0.2) is 0 Å². The van der Waals surface area contributed by atoms with Crippen LogP contribution in [0.5, 0.6) is 0 Å². The lowest BCUT2D eigenvalue weighted by Gasteiger charge is -2.45. The van der Waals surface area contributed by atoms with Crippen molar-refractivity contribution in [3.63, 3.8) is 0 Å². The molecule has 0 spiro atoms. The molecule has 3 heterocycles. The fraction of sp³-hybridized carbons (Fsp3) is 0.484. The molecular formula is C62H79BN2S. The minimum atomic E-state index is -0.0887. The van der Waals surface area contributed by atoms with Crippen LogP contribution < -0.4 is 26.2 Å². The molecule has 2 aliphatic heterocycles. The maximum absolute atomic E-state index is 2.74. The first-order valence-corrected chi connectivity index (χ1v) is 26.3. The molecule has 0 bridgehead atoms. The number of rotatable bonds is 6. The second kappa shape index (κ2) is 15.6. The predicted molar refractivity (Wildman–Crippen MR) is 294 cm³/mol. The molecule has 0 amide bonds. The lowest BCUT2D eigenvalue weighted by Crippen LogP contribution is -2.61. The molecule has 1 aliphatic carbocycles. The van der Waals surface area contributed by atoms with Crippen LogP contribution in [-0.4, -0.2) is 6.71 Å². The third-order valence-electron chi connectivity index (χ3n) is 16.1. The fourth-order valence-corrected chi connectivity index (χ4v) is 12.9. The Morgan fingerprint density at radius 3 is 1.61 bits per heavy atom. The third-order valence-corrected chi connectivity index (χ3v) is 17.2. The summed E-state index contributed by atoms with van der Waals surface area (Å²) in [7, 11) is 0. The summed E-state index contributed by atoms with van der Waals surface area (Å²) in [4.78, 5) is 5.43. The van der Waals surface area contributed by atoms with Crippen LogP contribution in [0.2, 0.25) is 0 Å². The van der Waals surface area contributed by atoms with E-state index in [2.05, 4.69) is 219 Å². The van der Waals surface area contributed by atoms with Crippen molar-refractivity contribution in [2.45, 2.75) is 195 Å². The molecule has 1 atom stereocenters. The molecule has 3 aliphatic rings. The third kappa shape index (κ3) is 7.68. The Kier molecular flexibility index (Phi) is 11.1. The van der Waals surface area contributed by atoms with Crippen LogP contribution in [0.15, 0.2) is 84.9 Å². The van der Waals surface area contributed by atoms with Crippen molar-refractivity contribution in [2.75, 3.05) is 9.80 Å². The lowest BCUT2D eigenvalue weighted by molar-refractivity contribution is 0.332. The molecule has 0 N–H and O–H groups in total. The number of anilines is 6.